The van der Waals surface area contributed by atoms with Crippen molar-refractivity contribution in [1.82, 2.24) is 3.97 Å². The smallest absolute Gasteiger partial charge is 0.106 e. The predicted molar refractivity (Wildman–Crippen MR) is 87.6 cm³/mol. The Kier molecular flexibility index (Phi) is 4.44. The van der Waals surface area contributed by atoms with Crippen molar-refractivity contribution in [3.63, 3.8) is 0 Å². The Labute approximate surface area is 122 Å². The average molecular weight is 512 g/mol. The molecule has 1 heterocycles. The van der Waals surface area contributed by atoms with Gasteiger partial charge in [0, 0.05) is 27.6 Å². The molecule has 1 aromatic carbocycles. The molecule has 0 N–H and O–H groups in total. The number of halogens is 3. The Morgan fingerprint density at radius 1 is 1.29 bits per heavy atom. The largest absolute Gasteiger partial charge is 0.285 e. The standard InChI is InChI=1S/C8H5BrI2NPS/c9-7-5-12(14-13(10)11)8-4-2-1-3-6(7)8/h1-5H. The maximum atomic E-state index is 3.58. The molecule has 0 saturated carbocycles. The van der Waals surface area contributed by atoms with E-state index in [1.807, 2.05) is 11.6 Å². The van der Waals surface area contributed by atoms with E-state index >= 15 is 0 Å². The van der Waals surface area contributed by atoms with Crippen molar-refractivity contribution in [3.8, 4) is 0 Å². The molecule has 0 fully saturated rings. The van der Waals surface area contributed by atoms with E-state index in [-0.39, 0.29) is 2.41 Å². The summed E-state index contributed by atoms with van der Waals surface area (Å²) in [5, 5.41) is 1.28. The molecule has 0 amide bonds. The highest BCUT2D eigenvalue weighted by molar-refractivity contribution is 14.3. The van der Waals surface area contributed by atoms with Gasteiger partial charge >= 0.3 is 0 Å². The molecule has 14 heavy (non-hydrogen) atoms. The van der Waals surface area contributed by atoms with Crippen molar-refractivity contribution in [2.75, 3.05) is 0 Å². The minimum atomic E-state index is -0.0378. The van der Waals surface area contributed by atoms with Crippen LogP contribution in [0, 0.1) is 0 Å². The van der Waals surface area contributed by atoms with Gasteiger partial charge in [-0.1, -0.05) is 18.2 Å². The van der Waals surface area contributed by atoms with Crippen molar-refractivity contribution in [3.05, 3.63) is 34.9 Å². The molecule has 0 aliphatic heterocycles. The second-order valence-electron chi connectivity index (χ2n) is 2.60. The number of fused-ring (bicyclic) bond motifs is 1. The van der Waals surface area contributed by atoms with Crippen LogP contribution in [0.4, 0.5) is 0 Å². The Balaban J connectivity index is 2.55. The van der Waals surface area contributed by atoms with Crippen LogP contribution in [0.25, 0.3) is 10.9 Å². The highest BCUT2D eigenvalue weighted by Crippen LogP contribution is 2.65. The van der Waals surface area contributed by atoms with E-state index in [2.05, 4.69) is 94.4 Å². The number of aromatic nitrogens is 1. The lowest BCUT2D eigenvalue weighted by Gasteiger charge is -2.03. The van der Waals surface area contributed by atoms with Gasteiger partial charge in [-0.05, 0) is 66.1 Å². The fraction of sp³-hybridized carbons (Fsp3) is 0. The summed E-state index contributed by atoms with van der Waals surface area (Å²) in [6.45, 7) is 0. The van der Waals surface area contributed by atoms with E-state index in [0.29, 0.717) is 0 Å². The number of nitrogens with zero attached hydrogens (tertiary/aromatic N) is 1. The van der Waals surface area contributed by atoms with Crippen LogP contribution in [0.5, 0.6) is 0 Å². The monoisotopic (exact) mass is 511 g/mol. The summed E-state index contributed by atoms with van der Waals surface area (Å²) in [5.74, 6) is 0. The molecule has 1 aromatic heterocycles. The van der Waals surface area contributed by atoms with E-state index in [9.17, 15) is 0 Å². The molecule has 0 aliphatic rings. The van der Waals surface area contributed by atoms with Gasteiger partial charge in [0.2, 0.25) is 0 Å². The molecule has 0 spiro atoms. The van der Waals surface area contributed by atoms with E-state index in [1.165, 1.54) is 15.4 Å². The lowest BCUT2D eigenvalue weighted by atomic mass is 10.3. The van der Waals surface area contributed by atoms with Crippen LogP contribution in [-0.4, -0.2) is 3.97 Å². The normalized spacial score (nSPS) is 11.4. The third kappa shape index (κ3) is 2.59. The van der Waals surface area contributed by atoms with Crippen molar-refractivity contribution in [2.45, 2.75) is 0 Å². The van der Waals surface area contributed by atoms with Gasteiger partial charge in [0.1, 0.15) is 2.41 Å². The minimum absolute atomic E-state index is 0.0378. The molecule has 1 nitrogen and oxygen atoms in total. The Hall–Kier alpha value is 1.48. The molecule has 0 saturated heterocycles. The van der Waals surface area contributed by atoms with Crippen LogP contribution >= 0.6 is 74.0 Å². The van der Waals surface area contributed by atoms with Gasteiger partial charge in [-0.3, -0.25) is 3.97 Å². The summed E-state index contributed by atoms with van der Waals surface area (Å²) in [6, 6.07) is 8.44. The average Bonchev–Trinajstić information content (AvgIpc) is 2.44. The number of benzene rings is 1. The third-order valence-electron chi connectivity index (χ3n) is 1.78. The quantitative estimate of drug-likeness (QED) is 0.354. The van der Waals surface area contributed by atoms with E-state index in [0.717, 1.165) is 0 Å². The van der Waals surface area contributed by atoms with E-state index < -0.39 is 0 Å². The molecular formula is C8H5BrI2NPS. The first-order valence-electron chi connectivity index (χ1n) is 3.74. The van der Waals surface area contributed by atoms with Gasteiger partial charge in [0.25, 0.3) is 0 Å². The molecule has 0 bridgehead atoms. The van der Waals surface area contributed by atoms with Crippen LogP contribution in [0.2, 0.25) is 0 Å². The number of rotatable bonds is 2. The summed E-state index contributed by atoms with van der Waals surface area (Å²) in [6.07, 6.45) is 2.14. The first-order chi connectivity index (χ1) is 6.68. The lowest BCUT2D eigenvalue weighted by molar-refractivity contribution is 1.36. The summed E-state index contributed by atoms with van der Waals surface area (Å²) >= 11 is 10.4. The van der Waals surface area contributed by atoms with Crippen molar-refractivity contribution >= 4 is 84.9 Å². The maximum absolute atomic E-state index is 3.58. The second kappa shape index (κ2) is 5.21. The Bertz CT molecular complexity index is 460. The highest BCUT2D eigenvalue weighted by Gasteiger charge is 2.08. The zero-order chi connectivity index (χ0) is 10.1. The first-order valence-corrected chi connectivity index (χ1v) is 12.8. The Morgan fingerprint density at radius 3 is 2.71 bits per heavy atom. The summed E-state index contributed by atoms with van der Waals surface area (Å²) in [4.78, 5) is 0. The second-order valence-corrected chi connectivity index (χ2v) is 21.3. The predicted octanol–water partition coefficient (Wildman–Crippen LogP) is 6.00. The zero-order valence-corrected chi connectivity index (χ0v) is 14.4. The SMILES string of the molecule is Brc1cn(SP(I)I)c2ccccc12. The summed E-state index contributed by atoms with van der Waals surface area (Å²) in [5.41, 5.74) is 1.28. The number of hydrogen-bond acceptors (Lipinski definition) is 1. The maximum Gasteiger partial charge on any atom is 0.106 e. The molecule has 0 atom stereocenters. The Morgan fingerprint density at radius 2 is 2.00 bits per heavy atom. The van der Waals surface area contributed by atoms with Crippen LogP contribution in [0.1, 0.15) is 0 Å². The lowest BCUT2D eigenvalue weighted by Crippen LogP contribution is -1.77. The van der Waals surface area contributed by atoms with E-state index in [4.69, 9.17) is 0 Å². The van der Waals surface area contributed by atoms with Gasteiger partial charge < -0.3 is 0 Å². The highest BCUT2D eigenvalue weighted by atomic mass is 127. The fourth-order valence-corrected chi connectivity index (χ4v) is 6.67. The number of hydrogen-bond donors (Lipinski definition) is 0. The topological polar surface area (TPSA) is 4.93 Å². The molecule has 74 valence electrons. The molecule has 6 heteroatoms. The fourth-order valence-electron chi connectivity index (χ4n) is 1.24. The molecule has 2 aromatic rings. The van der Waals surface area contributed by atoms with Crippen molar-refractivity contribution in [2.24, 2.45) is 0 Å². The molecular weight excluding hydrogens is 507 g/mol. The molecule has 2 rings (SSSR count). The minimum Gasteiger partial charge on any atom is -0.285 e. The van der Waals surface area contributed by atoms with Gasteiger partial charge in [0.05, 0.1) is 5.52 Å². The number of para-hydroxylation sites is 1. The molecule has 0 aliphatic carbocycles. The summed E-state index contributed by atoms with van der Waals surface area (Å²) in [7, 11) is 0. The van der Waals surface area contributed by atoms with Gasteiger partial charge in [-0.25, -0.2) is 0 Å². The first kappa shape index (κ1) is 12.0. The van der Waals surface area contributed by atoms with Crippen LogP contribution < -0.4 is 0 Å². The molecule has 0 unspecified atom stereocenters. The van der Waals surface area contributed by atoms with Crippen LogP contribution in [0.3, 0.4) is 0 Å². The summed E-state index contributed by atoms with van der Waals surface area (Å²) < 4.78 is 3.37. The van der Waals surface area contributed by atoms with Crippen LogP contribution in [-0.2, 0) is 0 Å². The van der Waals surface area contributed by atoms with Gasteiger partial charge in [0.15, 0.2) is 0 Å². The zero-order valence-electron chi connectivity index (χ0n) is 6.82. The van der Waals surface area contributed by atoms with E-state index in [1.54, 1.807) is 0 Å². The third-order valence-corrected chi connectivity index (χ3v) is 7.08. The van der Waals surface area contributed by atoms with Crippen molar-refractivity contribution in [1.29, 1.82) is 0 Å². The van der Waals surface area contributed by atoms with Gasteiger partial charge in [-0.15, -0.1) is 0 Å². The van der Waals surface area contributed by atoms with Crippen LogP contribution in [0.15, 0.2) is 34.9 Å². The van der Waals surface area contributed by atoms with Crippen molar-refractivity contribution < 1.29 is 0 Å². The van der Waals surface area contributed by atoms with Gasteiger partial charge in [-0.2, -0.15) is 0 Å². The molecule has 0 radical (unpaired) electrons.